The van der Waals surface area contributed by atoms with Crippen LogP contribution in [0, 0.1) is 0 Å². The van der Waals surface area contributed by atoms with Crippen molar-refractivity contribution in [2.75, 3.05) is 6.54 Å². The fourth-order valence-electron chi connectivity index (χ4n) is 1.10. The van der Waals surface area contributed by atoms with Gasteiger partial charge in [0.15, 0.2) is 0 Å². The van der Waals surface area contributed by atoms with Gasteiger partial charge in [0.25, 0.3) is 0 Å². The molecule has 3 heteroatoms. The highest BCUT2D eigenvalue weighted by Gasteiger charge is 1.99. The van der Waals surface area contributed by atoms with Gasteiger partial charge in [-0.25, -0.2) is 9.13 Å². The summed E-state index contributed by atoms with van der Waals surface area (Å²) in [5, 5.41) is 0. The first-order valence-corrected chi connectivity index (χ1v) is 4.22. The molecule has 1 heterocycles. The van der Waals surface area contributed by atoms with Crippen molar-refractivity contribution in [3.05, 3.63) is 31.4 Å². The van der Waals surface area contributed by atoms with Gasteiger partial charge in [-0.1, -0.05) is 12.7 Å². The van der Waals surface area contributed by atoms with Gasteiger partial charge in [-0.3, -0.25) is 0 Å². The lowest BCUT2D eigenvalue weighted by Gasteiger charge is -1.91. The number of allylic oxidation sites excluding steroid dienone is 1. The van der Waals surface area contributed by atoms with E-state index in [4.69, 9.17) is 5.73 Å². The second-order valence-electron chi connectivity index (χ2n) is 2.78. The zero-order valence-electron chi connectivity index (χ0n) is 7.32. The predicted octanol–water partition coefficient (Wildman–Crippen LogP) is 0.310. The van der Waals surface area contributed by atoms with E-state index < -0.39 is 0 Å². The molecular weight excluding hydrogens is 150 g/mol. The number of imidazole rings is 1. The van der Waals surface area contributed by atoms with E-state index in [2.05, 4.69) is 28.2 Å². The minimum Gasteiger partial charge on any atom is -0.330 e. The first kappa shape index (κ1) is 9.00. The van der Waals surface area contributed by atoms with Gasteiger partial charge in [0, 0.05) is 0 Å². The summed E-state index contributed by atoms with van der Waals surface area (Å²) in [6.45, 7) is 6.30. The van der Waals surface area contributed by atoms with Crippen molar-refractivity contribution in [2.24, 2.45) is 5.73 Å². The third-order valence-electron chi connectivity index (χ3n) is 1.71. The van der Waals surface area contributed by atoms with Crippen LogP contribution in [0.15, 0.2) is 31.4 Å². The molecule has 1 aromatic rings. The highest BCUT2D eigenvalue weighted by Crippen LogP contribution is 1.87. The maximum absolute atomic E-state index is 5.41. The summed E-state index contributed by atoms with van der Waals surface area (Å²) in [4.78, 5) is 0. The molecule has 0 saturated carbocycles. The molecule has 0 aliphatic heterocycles. The van der Waals surface area contributed by atoms with Crippen molar-refractivity contribution in [1.29, 1.82) is 0 Å². The van der Waals surface area contributed by atoms with Gasteiger partial charge < -0.3 is 5.73 Å². The van der Waals surface area contributed by atoms with Gasteiger partial charge in [-0.2, -0.15) is 0 Å². The van der Waals surface area contributed by atoms with E-state index >= 15 is 0 Å². The molecule has 0 unspecified atom stereocenters. The van der Waals surface area contributed by atoms with Crippen molar-refractivity contribution >= 4 is 0 Å². The number of hydrogen-bond acceptors (Lipinski definition) is 1. The smallest absolute Gasteiger partial charge is 0.244 e. The Morgan fingerprint density at radius 2 is 2.42 bits per heavy atom. The Morgan fingerprint density at radius 3 is 3.08 bits per heavy atom. The van der Waals surface area contributed by atoms with Crippen molar-refractivity contribution in [3.63, 3.8) is 0 Å². The zero-order valence-corrected chi connectivity index (χ0v) is 7.32. The molecule has 0 aromatic carbocycles. The highest BCUT2D eigenvalue weighted by molar-refractivity contribution is 4.68. The number of aryl methyl sites for hydroxylation is 1. The predicted molar refractivity (Wildman–Crippen MR) is 48.5 cm³/mol. The molecule has 0 amide bonds. The lowest BCUT2D eigenvalue weighted by Crippen LogP contribution is -2.29. The van der Waals surface area contributed by atoms with Crippen LogP contribution in [0.1, 0.15) is 6.42 Å². The minimum absolute atomic E-state index is 0.750. The summed E-state index contributed by atoms with van der Waals surface area (Å²) in [5.74, 6) is 0. The third-order valence-corrected chi connectivity index (χ3v) is 1.71. The number of nitrogens with zero attached hydrogens (tertiary/aromatic N) is 2. The molecule has 3 nitrogen and oxygen atoms in total. The summed E-state index contributed by atoms with van der Waals surface area (Å²) in [6.07, 6.45) is 9.07. The molecule has 66 valence electrons. The maximum atomic E-state index is 5.41. The van der Waals surface area contributed by atoms with Crippen molar-refractivity contribution in [3.8, 4) is 0 Å². The Morgan fingerprint density at radius 1 is 1.58 bits per heavy atom. The number of hydrogen-bond donors (Lipinski definition) is 1. The Balaban J connectivity index is 2.46. The van der Waals surface area contributed by atoms with Gasteiger partial charge in [0.1, 0.15) is 18.9 Å². The second-order valence-corrected chi connectivity index (χ2v) is 2.78. The molecule has 0 saturated heterocycles. The van der Waals surface area contributed by atoms with E-state index in [9.17, 15) is 0 Å². The van der Waals surface area contributed by atoms with Gasteiger partial charge in [0.05, 0.1) is 6.54 Å². The van der Waals surface area contributed by atoms with E-state index in [1.54, 1.807) is 0 Å². The molecular formula is C9H16N3+. The van der Waals surface area contributed by atoms with Crippen LogP contribution in [0.25, 0.3) is 0 Å². The lowest BCUT2D eigenvalue weighted by atomic mass is 10.4. The Bertz CT molecular complexity index is 240. The zero-order chi connectivity index (χ0) is 8.81. The Labute approximate surface area is 73.1 Å². The molecule has 1 rings (SSSR count). The Hall–Kier alpha value is -1.09. The quantitative estimate of drug-likeness (QED) is 0.496. The third kappa shape index (κ3) is 2.51. The highest BCUT2D eigenvalue weighted by atomic mass is 15.1. The average molecular weight is 166 g/mol. The van der Waals surface area contributed by atoms with Crippen molar-refractivity contribution < 1.29 is 4.57 Å². The first-order chi connectivity index (χ1) is 5.86. The molecule has 2 N–H and O–H groups in total. The monoisotopic (exact) mass is 166 g/mol. The summed E-state index contributed by atoms with van der Waals surface area (Å²) < 4.78 is 4.22. The second kappa shape index (κ2) is 4.72. The van der Waals surface area contributed by atoms with Crippen LogP contribution < -0.4 is 10.3 Å². The summed E-state index contributed by atoms with van der Waals surface area (Å²) in [5.41, 5.74) is 5.41. The number of rotatable bonds is 5. The van der Waals surface area contributed by atoms with Gasteiger partial charge in [-0.15, -0.1) is 0 Å². The van der Waals surface area contributed by atoms with E-state index in [1.807, 2.05) is 12.3 Å². The molecule has 0 fully saturated rings. The van der Waals surface area contributed by atoms with Crippen LogP contribution in [0.3, 0.4) is 0 Å². The summed E-state index contributed by atoms with van der Waals surface area (Å²) in [7, 11) is 0. The lowest BCUT2D eigenvalue weighted by molar-refractivity contribution is -0.686. The fourth-order valence-corrected chi connectivity index (χ4v) is 1.10. The van der Waals surface area contributed by atoms with Crippen molar-refractivity contribution in [1.82, 2.24) is 4.57 Å². The normalized spacial score (nSPS) is 10.1. The Kier molecular flexibility index (Phi) is 3.54. The molecule has 0 aliphatic rings. The molecule has 0 aliphatic carbocycles. The molecule has 1 aromatic heterocycles. The molecule has 0 bridgehead atoms. The molecule has 0 spiro atoms. The van der Waals surface area contributed by atoms with Gasteiger partial charge in [-0.05, 0) is 13.0 Å². The standard InChI is InChI=1S/C9H16N3/c1-2-5-11-7-8-12(9-11)6-3-4-10/h2,7-9H,1,3-6,10H2/q+1. The van der Waals surface area contributed by atoms with Crippen LogP contribution >= 0.6 is 0 Å². The molecule has 0 atom stereocenters. The van der Waals surface area contributed by atoms with Crippen LogP contribution in [0.5, 0.6) is 0 Å². The largest absolute Gasteiger partial charge is 0.330 e. The number of nitrogens with two attached hydrogens (primary N) is 1. The van der Waals surface area contributed by atoms with E-state index in [0.717, 1.165) is 26.1 Å². The summed E-state index contributed by atoms with van der Waals surface area (Å²) in [6, 6.07) is 0. The van der Waals surface area contributed by atoms with Crippen LogP contribution in [-0.2, 0) is 13.1 Å². The average Bonchev–Trinajstić information content (AvgIpc) is 2.50. The van der Waals surface area contributed by atoms with Crippen LogP contribution in [0.2, 0.25) is 0 Å². The van der Waals surface area contributed by atoms with E-state index in [0.29, 0.717) is 0 Å². The first-order valence-electron chi connectivity index (χ1n) is 4.22. The topological polar surface area (TPSA) is 34.8 Å². The summed E-state index contributed by atoms with van der Waals surface area (Å²) >= 11 is 0. The van der Waals surface area contributed by atoms with E-state index in [1.165, 1.54) is 0 Å². The van der Waals surface area contributed by atoms with Gasteiger partial charge >= 0.3 is 0 Å². The SMILES string of the molecule is C=CC[n+]1ccn(CCCN)c1. The van der Waals surface area contributed by atoms with Crippen molar-refractivity contribution in [2.45, 2.75) is 19.5 Å². The van der Waals surface area contributed by atoms with Crippen LogP contribution in [0.4, 0.5) is 0 Å². The fraction of sp³-hybridized carbons (Fsp3) is 0.444. The van der Waals surface area contributed by atoms with Crippen LogP contribution in [-0.4, -0.2) is 11.1 Å². The molecule has 12 heavy (non-hydrogen) atoms. The number of aromatic nitrogens is 2. The van der Waals surface area contributed by atoms with Gasteiger partial charge in [0.2, 0.25) is 6.33 Å². The minimum atomic E-state index is 0.750. The molecule has 0 radical (unpaired) electrons. The van der Waals surface area contributed by atoms with E-state index in [-0.39, 0.29) is 0 Å². The maximum Gasteiger partial charge on any atom is 0.244 e.